The van der Waals surface area contributed by atoms with E-state index < -0.39 is 17.6 Å². The van der Waals surface area contributed by atoms with Crippen molar-refractivity contribution in [3.8, 4) is 0 Å². The highest BCUT2D eigenvalue weighted by atomic mass is 19.1. The standard InChI is InChI=1S/C13H12FNO2/c14-12-8-11(16)9-13(17)15(12)7-6-10-4-2-1-3-5-10/h1-5,8H,6-7,9H2. The van der Waals surface area contributed by atoms with Gasteiger partial charge < -0.3 is 0 Å². The molecule has 0 unspecified atom stereocenters. The van der Waals surface area contributed by atoms with Crippen LogP contribution >= 0.6 is 0 Å². The quantitative estimate of drug-likeness (QED) is 0.590. The molecule has 0 aromatic heterocycles. The summed E-state index contributed by atoms with van der Waals surface area (Å²) in [7, 11) is 0. The number of hydrogen-bond acceptors (Lipinski definition) is 2. The van der Waals surface area contributed by atoms with Gasteiger partial charge in [0.25, 0.3) is 0 Å². The molecule has 1 heterocycles. The van der Waals surface area contributed by atoms with Gasteiger partial charge in [0.05, 0.1) is 6.42 Å². The Morgan fingerprint density at radius 2 is 1.88 bits per heavy atom. The van der Waals surface area contributed by atoms with Gasteiger partial charge in [-0.25, -0.2) is 0 Å². The number of ketones is 1. The van der Waals surface area contributed by atoms with Crippen molar-refractivity contribution in [2.45, 2.75) is 12.8 Å². The number of halogens is 1. The second kappa shape index (κ2) is 4.91. The molecule has 0 atom stereocenters. The summed E-state index contributed by atoms with van der Waals surface area (Å²) in [4.78, 5) is 23.4. The van der Waals surface area contributed by atoms with Crippen molar-refractivity contribution >= 4 is 11.7 Å². The molecule has 1 aliphatic rings. The average Bonchev–Trinajstić information content (AvgIpc) is 2.29. The number of benzene rings is 1. The Balaban J connectivity index is 2.02. The van der Waals surface area contributed by atoms with Crippen molar-refractivity contribution < 1.29 is 14.0 Å². The molecule has 1 amide bonds. The van der Waals surface area contributed by atoms with Gasteiger partial charge in [-0.05, 0) is 12.0 Å². The van der Waals surface area contributed by atoms with Gasteiger partial charge in [0.1, 0.15) is 0 Å². The maximum atomic E-state index is 13.4. The Hall–Kier alpha value is -1.97. The van der Waals surface area contributed by atoms with E-state index in [4.69, 9.17) is 0 Å². The first kappa shape index (κ1) is 11.5. The monoisotopic (exact) mass is 233 g/mol. The summed E-state index contributed by atoms with van der Waals surface area (Å²) in [6, 6.07) is 9.52. The smallest absolute Gasteiger partial charge is 0.236 e. The van der Waals surface area contributed by atoms with Crippen molar-refractivity contribution in [2.75, 3.05) is 6.54 Å². The number of carbonyl (C=O) groups excluding carboxylic acids is 2. The second-order valence-electron chi connectivity index (χ2n) is 3.89. The van der Waals surface area contributed by atoms with Crippen molar-refractivity contribution in [3.05, 3.63) is 47.9 Å². The molecule has 1 aromatic carbocycles. The van der Waals surface area contributed by atoms with E-state index in [1.54, 1.807) is 0 Å². The van der Waals surface area contributed by atoms with Crippen LogP contribution in [0.15, 0.2) is 42.4 Å². The molecule has 2 rings (SSSR count). The molecule has 1 aliphatic heterocycles. The molecule has 0 aliphatic carbocycles. The number of allylic oxidation sites excluding steroid dienone is 1. The zero-order valence-electron chi connectivity index (χ0n) is 9.23. The molecule has 0 saturated heterocycles. The van der Waals surface area contributed by atoms with E-state index in [2.05, 4.69) is 0 Å². The zero-order chi connectivity index (χ0) is 12.3. The molecule has 0 radical (unpaired) electrons. The average molecular weight is 233 g/mol. The lowest BCUT2D eigenvalue weighted by atomic mass is 10.1. The lowest BCUT2D eigenvalue weighted by molar-refractivity contribution is -0.135. The maximum absolute atomic E-state index is 13.4. The Kier molecular flexibility index (Phi) is 3.32. The molecule has 17 heavy (non-hydrogen) atoms. The number of hydrogen-bond donors (Lipinski definition) is 0. The van der Waals surface area contributed by atoms with Crippen molar-refractivity contribution in [3.63, 3.8) is 0 Å². The Morgan fingerprint density at radius 3 is 2.53 bits per heavy atom. The summed E-state index contributed by atoms with van der Waals surface area (Å²) >= 11 is 0. The minimum Gasteiger partial charge on any atom is -0.294 e. The third-order valence-electron chi connectivity index (χ3n) is 2.63. The van der Waals surface area contributed by atoms with Crippen LogP contribution < -0.4 is 0 Å². The van der Waals surface area contributed by atoms with Crippen molar-refractivity contribution in [1.29, 1.82) is 0 Å². The normalized spacial score (nSPS) is 16.1. The molecular formula is C13H12FNO2. The third-order valence-corrected chi connectivity index (χ3v) is 2.63. The molecule has 0 bridgehead atoms. The number of carbonyl (C=O) groups is 2. The lowest BCUT2D eigenvalue weighted by Crippen LogP contribution is -2.35. The molecule has 1 aromatic rings. The molecule has 0 fully saturated rings. The van der Waals surface area contributed by atoms with E-state index >= 15 is 0 Å². The molecular weight excluding hydrogens is 221 g/mol. The summed E-state index contributed by atoms with van der Waals surface area (Å²) in [5, 5.41) is 0. The first-order chi connectivity index (χ1) is 8.16. The van der Waals surface area contributed by atoms with E-state index in [1.807, 2.05) is 30.3 Å². The van der Waals surface area contributed by atoms with Gasteiger partial charge in [-0.1, -0.05) is 30.3 Å². The van der Waals surface area contributed by atoms with Crippen LogP contribution in [0.25, 0.3) is 0 Å². The van der Waals surface area contributed by atoms with Crippen LogP contribution in [0.1, 0.15) is 12.0 Å². The highest BCUT2D eigenvalue weighted by Crippen LogP contribution is 2.15. The summed E-state index contributed by atoms with van der Waals surface area (Å²) in [5.41, 5.74) is 1.03. The predicted molar refractivity (Wildman–Crippen MR) is 60.7 cm³/mol. The van der Waals surface area contributed by atoms with Crippen LogP contribution in [0.4, 0.5) is 4.39 Å². The van der Waals surface area contributed by atoms with Crippen LogP contribution in [-0.2, 0) is 16.0 Å². The van der Waals surface area contributed by atoms with Gasteiger partial charge in [-0.3, -0.25) is 14.5 Å². The summed E-state index contributed by atoms with van der Waals surface area (Å²) in [6.07, 6.45) is 1.22. The van der Waals surface area contributed by atoms with Gasteiger partial charge in [0, 0.05) is 12.6 Å². The summed E-state index contributed by atoms with van der Waals surface area (Å²) in [6.45, 7) is 0.262. The first-order valence-corrected chi connectivity index (χ1v) is 5.41. The van der Waals surface area contributed by atoms with Gasteiger partial charge in [-0.2, -0.15) is 4.39 Å². The largest absolute Gasteiger partial charge is 0.294 e. The minimum absolute atomic E-state index is 0.234. The van der Waals surface area contributed by atoms with Gasteiger partial charge in [0.2, 0.25) is 5.91 Å². The van der Waals surface area contributed by atoms with Crippen molar-refractivity contribution in [1.82, 2.24) is 4.90 Å². The van der Waals surface area contributed by atoms with E-state index in [-0.39, 0.29) is 13.0 Å². The Bertz CT molecular complexity index is 468. The van der Waals surface area contributed by atoms with Gasteiger partial charge >= 0.3 is 0 Å². The number of rotatable bonds is 3. The summed E-state index contributed by atoms with van der Waals surface area (Å²) < 4.78 is 13.4. The minimum atomic E-state index is -0.748. The van der Waals surface area contributed by atoms with Crippen LogP contribution in [0.2, 0.25) is 0 Å². The molecule has 0 N–H and O–H groups in total. The van der Waals surface area contributed by atoms with Crippen LogP contribution in [0.5, 0.6) is 0 Å². The van der Waals surface area contributed by atoms with Gasteiger partial charge in [0.15, 0.2) is 11.7 Å². The SMILES string of the molecule is O=C1C=C(F)N(CCc2ccccc2)C(=O)C1. The van der Waals surface area contributed by atoms with Gasteiger partial charge in [-0.15, -0.1) is 0 Å². The number of nitrogens with zero attached hydrogens (tertiary/aromatic N) is 1. The zero-order valence-corrected chi connectivity index (χ0v) is 9.23. The fourth-order valence-electron chi connectivity index (χ4n) is 1.74. The van der Waals surface area contributed by atoms with Crippen LogP contribution in [0.3, 0.4) is 0 Å². The Labute approximate surface area is 98.5 Å². The Morgan fingerprint density at radius 1 is 1.18 bits per heavy atom. The molecule has 0 spiro atoms. The third kappa shape index (κ3) is 2.78. The lowest BCUT2D eigenvalue weighted by Gasteiger charge is -2.22. The predicted octanol–water partition coefficient (Wildman–Crippen LogP) is 1.84. The van der Waals surface area contributed by atoms with E-state index in [0.717, 1.165) is 16.5 Å². The topological polar surface area (TPSA) is 37.4 Å². The second-order valence-corrected chi connectivity index (χ2v) is 3.89. The molecule has 88 valence electrons. The number of amides is 1. The highest BCUT2D eigenvalue weighted by molar-refractivity contribution is 6.06. The van der Waals surface area contributed by atoms with E-state index in [9.17, 15) is 14.0 Å². The van der Waals surface area contributed by atoms with E-state index in [0.29, 0.717) is 6.42 Å². The molecule has 4 heteroatoms. The maximum Gasteiger partial charge on any atom is 0.236 e. The van der Waals surface area contributed by atoms with E-state index in [1.165, 1.54) is 0 Å². The van der Waals surface area contributed by atoms with Crippen molar-refractivity contribution in [2.24, 2.45) is 0 Å². The van der Waals surface area contributed by atoms with Crippen LogP contribution in [0, 0.1) is 0 Å². The summed E-state index contributed by atoms with van der Waals surface area (Å²) in [5.74, 6) is -1.68. The fourth-order valence-corrected chi connectivity index (χ4v) is 1.74. The van der Waals surface area contributed by atoms with Crippen LogP contribution in [-0.4, -0.2) is 23.1 Å². The highest BCUT2D eigenvalue weighted by Gasteiger charge is 2.25. The fraction of sp³-hybridized carbons (Fsp3) is 0.231. The molecule has 3 nitrogen and oxygen atoms in total. The first-order valence-electron chi connectivity index (χ1n) is 5.41. The molecule has 0 saturated carbocycles.